The van der Waals surface area contributed by atoms with E-state index in [1.807, 2.05) is 43.3 Å². The lowest BCUT2D eigenvalue weighted by atomic mass is 9.98. The third-order valence-electron chi connectivity index (χ3n) is 6.54. The Morgan fingerprint density at radius 2 is 1.74 bits per heavy atom. The molecular weight excluding hydrogens is 490 g/mol. The Morgan fingerprint density at radius 1 is 1.03 bits per heavy atom. The molecule has 0 bridgehead atoms. The minimum absolute atomic E-state index is 0.0828. The molecule has 2 aromatic heterocycles. The molecule has 4 aromatic rings. The summed E-state index contributed by atoms with van der Waals surface area (Å²) < 4.78 is 11.6. The Kier molecular flexibility index (Phi) is 7.80. The molecule has 2 heterocycles. The van der Waals surface area contributed by atoms with Crippen LogP contribution in [0.2, 0.25) is 0 Å². The van der Waals surface area contributed by atoms with Crippen LogP contribution in [-0.2, 0) is 16.0 Å². The first kappa shape index (κ1) is 26.5. The van der Waals surface area contributed by atoms with Gasteiger partial charge in [0, 0.05) is 40.9 Å². The monoisotopic (exact) mass is 519 g/mol. The third kappa shape index (κ3) is 5.69. The lowest BCUT2D eigenvalue weighted by Crippen LogP contribution is -2.41. The molecule has 4 rings (SSSR count). The van der Waals surface area contributed by atoms with E-state index in [2.05, 4.69) is 10.6 Å². The normalized spacial score (nSPS) is 11.9. The number of carboxylic acids is 1. The Hall–Kier alpha value is -4.60. The molecule has 0 aliphatic carbocycles. The predicted octanol–water partition coefficient (Wildman–Crippen LogP) is 3.77. The van der Waals surface area contributed by atoms with Crippen LogP contribution in [0.25, 0.3) is 33.1 Å². The summed E-state index contributed by atoms with van der Waals surface area (Å²) in [6.45, 7) is 3.89. The second kappa shape index (κ2) is 11.2. The van der Waals surface area contributed by atoms with Gasteiger partial charge in [-0.3, -0.25) is 4.79 Å². The number of carbonyl (C=O) groups is 3. The number of rotatable bonds is 10. The molecule has 0 saturated heterocycles. The number of amides is 3. The molecule has 0 aliphatic rings. The van der Waals surface area contributed by atoms with Crippen molar-refractivity contribution in [2.75, 3.05) is 6.54 Å². The maximum Gasteiger partial charge on any atom is 0.339 e. The number of nitrogens with two attached hydrogens (primary N) is 1. The molecule has 0 fully saturated rings. The highest BCUT2D eigenvalue weighted by molar-refractivity contribution is 6.03. The molecule has 0 spiro atoms. The summed E-state index contributed by atoms with van der Waals surface area (Å²) in [5.41, 5.74) is 8.44. The lowest BCUT2D eigenvalue weighted by Gasteiger charge is -2.15. The average molecular weight is 520 g/mol. The average Bonchev–Trinajstić information content (AvgIpc) is 3.19. The Balaban J connectivity index is 1.55. The minimum atomic E-state index is -1.19. The van der Waals surface area contributed by atoms with E-state index in [1.54, 1.807) is 13.0 Å². The number of urea groups is 1. The summed E-state index contributed by atoms with van der Waals surface area (Å²) in [6.07, 6.45) is 0.422. The van der Waals surface area contributed by atoms with Crippen LogP contribution in [0.4, 0.5) is 4.79 Å². The summed E-state index contributed by atoms with van der Waals surface area (Å²) in [5.74, 6) is -0.948. The van der Waals surface area contributed by atoms with E-state index >= 15 is 0 Å². The van der Waals surface area contributed by atoms with Gasteiger partial charge in [-0.15, -0.1) is 0 Å². The van der Waals surface area contributed by atoms with Crippen LogP contribution in [0.1, 0.15) is 36.1 Å². The molecule has 0 saturated carbocycles. The molecule has 10 heteroatoms. The van der Waals surface area contributed by atoms with Crippen LogP contribution >= 0.6 is 0 Å². The van der Waals surface area contributed by atoms with Gasteiger partial charge < -0.3 is 30.3 Å². The Morgan fingerprint density at radius 3 is 2.42 bits per heavy atom. The maximum atomic E-state index is 12.8. The summed E-state index contributed by atoms with van der Waals surface area (Å²) in [7, 11) is 0. The molecule has 0 radical (unpaired) electrons. The zero-order valence-electron chi connectivity index (χ0n) is 21.1. The fraction of sp³-hybridized carbons (Fsp3) is 0.286. The second-order valence-electron chi connectivity index (χ2n) is 9.13. The number of primary amides is 1. The first-order chi connectivity index (χ1) is 18.2. The number of benzene rings is 2. The Bertz CT molecular complexity index is 1570. The zero-order valence-corrected chi connectivity index (χ0v) is 21.1. The van der Waals surface area contributed by atoms with Crippen LogP contribution in [-0.4, -0.2) is 35.6 Å². The number of carboxylic acid groups (broad SMARTS) is 1. The van der Waals surface area contributed by atoms with Gasteiger partial charge in [0.15, 0.2) is 0 Å². The van der Waals surface area contributed by atoms with Gasteiger partial charge in [-0.1, -0.05) is 30.3 Å². The quantitative estimate of drug-likeness (QED) is 0.183. The number of nitrogens with one attached hydrogen (secondary N) is 2. The predicted molar refractivity (Wildman–Crippen MR) is 142 cm³/mol. The van der Waals surface area contributed by atoms with Gasteiger partial charge in [0.2, 0.25) is 5.91 Å². The van der Waals surface area contributed by atoms with Gasteiger partial charge in [-0.25, -0.2) is 14.4 Å². The number of hydrogen-bond acceptors (Lipinski definition) is 6. The molecule has 5 N–H and O–H groups in total. The SMILES string of the molecule is Cc1oc2cc3oc(=O)c(CCC(=O)N[C@@H](CCCNC(N)=O)C(=O)O)c(C)c3cc2c1-c1ccccc1. The summed E-state index contributed by atoms with van der Waals surface area (Å²) in [5, 5.41) is 15.9. The maximum absolute atomic E-state index is 12.8. The molecule has 3 amide bonds. The van der Waals surface area contributed by atoms with Crippen molar-refractivity contribution >= 4 is 39.8 Å². The first-order valence-corrected chi connectivity index (χ1v) is 12.3. The van der Waals surface area contributed by atoms with Crippen molar-refractivity contribution in [2.45, 2.75) is 45.6 Å². The third-order valence-corrected chi connectivity index (χ3v) is 6.54. The van der Waals surface area contributed by atoms with Gasteiger partial charge in [0.05, 0.1) is 0 Å². The molecular formula is C28H29N3O7. The van der Waals surface area contributed by atoms with E-state index in [9.17, 15) is 24.3 Å². The van der Waals surface area contributed by atoms with E-state index in [1.165, 1.54) is 0 Å². The second-order valence-corrected chi connectivity index (χ2v) is 9.13. The van der Waals surface area contributed by atoms with Crippen molar-refractivity contribution in [3.63, 3.8) is 0 Å². The van der Waals surface area contributed by atoms with Crippen molar-refractivity contribution in [1.29, 1.82) is 0 Å². The summed E-state index contributed by atoms with van der Waals surface area (Å²) in [6, 6.07) is 11.7. The van der Waals surface area contributed by atoms with Gasteiger partial charge in [-0.2, -0.15) is 0 Å². The fourth-order valence-corrected chi connectivity index (χ4v) is 4.63. The highest BCUT2D eigenvalue weighted by Crippen LogP contribution is 2.37. The van der Waals surface area contributed by atoms with Crippen molar-refractivity contribution in [3.8, 4) is 11.1 Å². The van der Waals surface area contributed by atoms with Crippen molar-refractivity contribution in [1.82, 2.24) is 10.6 Å². The molecule has 198 valence electrons. The topological polar surface area (TPSA) is 165 Å². The number of hydrogen-bond donors (Lipinski definition) is 4. The minimum Gasteiger partial charge on any atom is -0.480 e. The van der Waals surface area contributed by atoms with Crippen molar-refractivity contribution in [2.24, 2.45) is 5.73 Å². The van der Waals surface area contributed by atoms with E-state index in [0.717, 1.165) is 27.7 Å². The highest BCUT2D eigenvalue weighted by Gasteiger charge is 2.21. The first-order valence-electron chi connectivity index (χ1n) is 12.3. The summed E-state index contributed by atoms with van der Waals surface area (Å²) >= 11 is 0. The largest absolute Gasteiger partial charge is 0.480 e. The molecule has 0 unspecified atom stereocenters. The van der Waals surface area contributed by atoms with Crippen LogP contribution in [0.5, 0.6) is 0 Å². The molecule has 10 nitrogen and oxygen atoms in total. The van der Waals surface area contributed by atoms with E-state index in [-0.39, 0.29) is 25.8 Å². The van der Waals surface area contributed by atoms with Crippen molar-refractivity contribution in [3.05, 3.63) is 69.8 Å². The summed E-state index contributed by atoms with van der Waals surface area (Å²) in [4.78, 5) is 47.6. The number of carbonyl (C=O) groups excluding carboxylic acids is 2. The van der Waals surface area contributed by atoms with Gasteiger partial charge in [0.25, 0.3) is 0 Å². The highest BCUT2D eigenvalue weighted by atomic mass is 16.4. The number of aliphatic carboxylic acids is 1. The molecule has 1 atom stereocenters. The Labute approximate surface area is 217 Å². The molecule has 2 aromatic carbocycles. The molecule has 0 aliphatic heterocycles. The van der Waals surface area contributed by atoms with Gasteiger partial charge in [-0.05, 0) is 50.3 Å². The zero-order chi connectivity index (χ0) is 27.4. The van der Waals surface area contributed by atoms with Gasteiger partial charge in [0.1, 0.15) is 23.0 Å². The van der Waals surface area contributed by atoms with E-state index < -0.39 is 29.6 Å². The standard InChI is InChI=1S/C28H29N3O7/c1-15-18(10-11-24(32)31-21(26(33)34)9-6-12-30-28(29)36)27(35)38-22-14-23-20(13-19(15)22)25(16(2)37-23)17-7-4-3-5-8-17/h3-5,7-8,13-14,21H,6,9-12H2,1-2H3,(H,31,32)(H,33,34)(H3,29,30,36)/t21-/m0/s1. The van der Waals surface area contributed by atoms with E-state index in [0.29, 0.717) is 28.7 Å². The number of aryl methyl sites for hydroxylation is 2. The van der Waals surface area contributed by atoms with Crippen LogP contribution in [0, 0.1) is 13.8 Å². The lowest BCUT2D eigenvalue weighted by molar-refractivity contribution is -0.142. The van der Waals surface area contributed by atoms with Crippen LogP contribution < -0.4 is 22.0 Å². The molecule has 38 heavy (non-hydrogen) atoms. The number of fused-ring (bicyclic) bond motifs is 2. The van der Waals surface area contributed by atoms with Crippen LogP contribution in [0.3, 0.4) is 0 Å². The smallest absolute Gasteiger partial charge is 0.339 e. The van der Waals surface area contributed by atoms with Gasteiger partial charge >= 0.3 is 17.6 Å². The van der Waals surface area contributed by atoms with Crippen LogP contribution in [0.15, 0.2) is 56.1 Å². The fourth-order valence-electron chi connectivity index (χ4n) is 4.63. The van der Waals surface area contributed by atoms with Crippen molar-refractivity contribution < 1.29 is 28.3 Å². The number of furan rings is 1. The van der Waals surface area contributed by atoms with E-state index in [4.69, 9.17) is 14.6 Å².